The van der Waals surface area contributed by atoms with E-state index in [0.29, 0.717) is 18.4 Å². The molecule has 0 fully saturated rings. The maximum Gasteiger partial charge on any atom is 0.220 e. The van der Waals surface area contributed by atoms with Crippen LogP contribution in [0.3, 0.4) is 0 Å². The summed E-state index contributed by atoms with van der Waals surface area (Å²) in [5.41, 5.74) is 5.55. The lowest BCUT2D eigenvalue weighted by molar-refractivity contribution is -0.122. The van der Waals surface area contributed by atoms with Crippen molar-refractivity contribution in [3.8, 4) is 0 Å². The molecule has 3 heteroatoms. The summed E-state index contributed by atoms with van der Waals surface area (Å²) in [6.45, 7) is 7.16. The zero-order valence-electron chi connectivity index (χ0n) is 11.8. The predicted molar refractivity (Wildman–Crippen MR) is 73.8 cm³/mol. The molecule has 3 nitrogen and oxygen atoms in total. The minimum absolute atomic E-state index is 0.198. The van der Waals surface area contributed by atoms with E-state index in [0.717, 1.165) is 32.2 Å². The number of hydrogen-bond acceptors (Lipinski definition) is 2. The number of hydrogen-bond donors (Lipinski definition) is 2. The lowest BCUT2D eigenvalue weighted by Gasteiger charge is -2.16. The van der Waals surface area contributed by atoms with Gasteiger partial charge < -0.3 is 11.1 Å². The Labute approximate surface area is 107 Å². The van der Waals surface area contributed by atoms with Gasteiger partial charge in [-0.2, -0.15) is 0 Å². The summed E-state index contributed by atoms with van der Waals surface area (Å²) >= 11 is 0. The van der Waals surface area contributed by atoms with Gasteiger partial charge >= 0.3 is 0 Å². The Morgan fingerprint density at radius 1 is 1.24 bits per heavy atom. The van der Waals surface area contributed by atoms with E-state index in [1.54, 1.807) is 0 Å². The largest absolute Gasteiger partial charge is 0.354 e. The third kappa shape index (κ3) is 9.16. The van der Waals surface area contributed by atoms with Crippen LogP contribution in [0.2, 0.25) is 0 Å². The first-order valence-electron chi connectivity index (χ1n) is 7.13. The Morgan fingerprint density at radius 3 is 2.47 bits per heavy atom. The van der Waals surface area contributed by atoms with Crippen LogP contribution in [0.1, 0.15) is 65.7 Å². The van der Waals surface area contributed by atoms with Gasteiger partial charge in [0, 0.05) is 12.5 Å². The zero-order valence-corrected chi connectivity index (χ0v) is 11.8. The van der Waals surface area contributed by atoms with Crippen molar-refractivity contribution in [2.45, 2.75) is 71.8 Å². The molecule has 2 atom stereocenters. The molecule has 0 saturated heterocycles. The average Bonchev–Trinajstić information content (AvgIpc) is 2.31. The summed E-state index contributed by atoms with van der Waals surface area (Å²) in [6.07, 6.45) is 7.24. The van der Waals surface area contributed by atoms with Crippen LogP contribution in [0.25, 0.3) is 0 Å². The maximum atomic E-state index is 11.7. The van der Waals surface area contributed by atoms with Gasteiger partial charge in [-0.3, -0.25) is 4.79 Å². The van der Waals surface area contributed by atoms with Crippen molar-refractivity contribution in [2.75, 3.05) is 6.54 Å². The Bertz CT molecular complexity index is 195. The molecule has 0 aromatic heterocycles. The van der Waals surface area contributed by atoms with Gasteiger partial charge in [0.1, 0.15) is 0 Å². The second-order valence-electron chi connectivity index (χ2n) is 5.00. The van der Waals surface area contributed by atoms with E-state index in [1.807, 2.05) is 0 Å². The van der Waals surface area contributed by atoms with E-state index in [4.69, 9.17) is 5.73 Å². The van der Waals surface area contributed by atoms with Gasteiger partial charge in [-0.25, -0.2) is 0 Å². The molecule has 0 rings (SSSR count). The molecule has 2 unspecified atom stereocenters. The molecule has 0 saturated carbocycles. The SMILES string of the molecule is CCCCC(C)NC(=O)CCC(CC)CCN. The van der Waals surface area contributed by atoms with E-state index >= 15 is 0 Å². The van der Waals surface area contributed by atoms with Crippen LogP contribution in [0, 0.1) is 5.92 Å². The van der Waals surface area contributed by atoms with Crippen LogP contribution in [0.5, 0.6) is 0 Å². The number of nitrogens with two attached hydrogens (primary N) is 1. The van der Waals surface area contributed by atoms with Gasteiger partial charge in [-0.1, -0.05) is 33.1 Å². The molecular weight excluding hydrogens is 212 g/mol. The van der Waals surface area contributed by atoms with Crippen molar-refractivity contribution >= 4 is 5.91 Å². The minimum atomic E-state index is 0.198. The molecule has 0 spiro atoms. The highest BCUT2D eigenvalue weighted by molar-refractivity contribution is 5.76. The number of carbonyl (C=O) groups is 1. The fourth-order valence-electron chi connectivity index (χ4n) is 2.05. The molecule has 0 aliphatic carbocycles. The topological polar surface area (TPSA) is 55.1 Å². The number of unbranched alkanes of at least 4 members (excludes halogenated alkanes) is 1. The number of rotatable bonds is 10. The third-order valence-electron chi connectivity index (χ3n) is 3.33. The Hall–Kier alpha value is -0.570. The first-order valence-corrected chi connectivity index (χ1v) is 7.13. The highest BCUT2D eigenvalue weighted by atomic mass is 16.1. The quantitative estimate of drug-likeness (QED) is 0.619. The van der Waals surface area contributed by atoms with E-state index < -0.39 is 0 Å². The van der Waals surface area contributed by atoms with Crippen LogP contribution in [0.4, 0.5) is 0 Å². The van der Waals surface area contributed by atoms with Crippen molar-refractivity contribution in [3.05, 3.63) is 0 Å². The van der Waals surface area contributed by atoms with Crippen LogP contribution >= 0.6 is 0 Å². The van der Waals surface area contributed by atoms with E-state index in [1.165, 1.54) is 12.8 Å². The smallest absolute Gasteiger partial charge is 0.220 e. The van der Waals surface area contributed by atoms with Gasteiger partial charge in [0.25, 0.3) is 0 Å². The standard InChI is InChI=1S/C14H30N2O/c1-4-6-7-12(3)16-14(17)9-8-13(5-2)10-11-15/h12-13H,4-11,15H2,1-3H3,(H,16,17). The average molecular weight is 242 g/mol. The number of nitrogens with one attached hydrogen (secondary N) is 1. The predicted octanol–water partition coefficient (Wildman–Crippen LogP) is 2.84. The fraction of sp³-hybridized carbons (Fsp3) is 0.929. The summed E-state index contributed by atoms with van der Waals surface area (Å²) in [7, 11) is 0. The summed E-state index contributed by atoms with van der Waals surface area (Å²) in [6, 6.07) is 0.317. The van der Waals surface area contributed by atoms with E-state index in [9.17, 15) is 4.79 Å². The van der Waals surface area contributed by atoms with Gasteiger partial charge in [0.2, 0.25) is 5.91 Å². The summed E-state index contributed by atoms with van der Waals surface area (Å²) in [5, 5.41) is 3.07. The Kier molecular flexibility index (Phi) is 10.2. The molecule has 0 heterocycles. The van der Waals surface area contributed by atoms with Crippen LogP contribution in [-0.2, 0) is 4.79 Å². The number of carbonyl (C=O) groups excluding carboxylic acids is 1. The van der Waals surface area contributed by atoms with Crippen molar-refractivity contribution in [1.82, 2.24) is 5.32 Å². The van der Waals surface area contributed by atoms with Crippen LogP contribution in [-0.4, -0.2) is 18.5 Å². The van der Waals surface area contributed by atoms with E-state index in [2.05, 4.69) is 26.1 Å². The second-order valence-corrected chi connectivity index (χ2v) is 5.00. The summed E-state index contributed by atoms with van der Waals surface area (Å²) in [4.78, 5) is 11.7. The lowest BCUT2D eigenvalue weighted by Crippen LogP contribution is -2.32. The van der Waals surface area contributed by atoms with Gasteiger partial charge in [-0.15, -0.1) is 0 Å². The molecule has 0 aliphatic rings. The molecule has 0 bridgehead atoms. The molecule has 1 amide bonds. The van der Waals surface area contributed by atoms with Crippen LogP contribution < -0.4 is 11.1 Å². The molecule has 0 aromatic carbocycles. The van der Waals surface area contributed by atoms with Gasteiger partial charge in [0.15, 0.2) is 0 Å². The summed E-state index contributed by atoms with van der Waals surface area (Å²) < 4.78 is 0. The fourth-order valence-corrected chi connectivity index (χ4v) is 2.05. The molecule has 17 heavy (non-hydrogen) atoms. The van der Waals surface area contributed by atoms with Crippen LogP contribution in [0.15, 0.2) is 0 Å². The zero-order chi connectivity index (χ0) is 13.1. The minimum Gasteiger partial charge on any atom is -0.354 e. The molecule has 0 aromatic rings. The van der Waals surface area contributed by atoms with Gasteiger partial charge in [-0.05, 0) is 38.6 Å². The van der Waals surface area contributed by atoms with Crippen molar-refractivity contribution in [2.24, 2.45) is 11.7 Å². The highest BCUT2D eigenvalue weighted by Gasteiger charge is 2.10. The second kappa shape index (κ2) is 10.6. The number of amides is 1. The first kappa shape index (κ1) is 16.4. The lowest BCUT2D eigenvalue weighted by atomic mass is 9.96. The summed E-state index contributed by atoms with van der Waals surface area (Å²) in [5.74, 6) is 0.806. The van der Waals surface area contributed by atoms with Crippen molar-refractivity contribution in [1.29, 1.82) is 0 Å². The molecule has 3 N–H and O–H groups in total. The maximum absolute atomic E-state index is 11.7. The van der Waals surface area contributed by atoms with Crippen molar-refractivity contribution < 1.29 is 4.79 Å². The van der Waals surface area contributed by atoms with Gasteiger partial charge in [0.05, 0.1) is 0 Å². The Balaban J connectivity index is 3.70. The van der Waals surface area contributed by atoms with E-state index in [-0.39, 0.29) is 5.91 Å². The first-order chi connectivity index (χ1) is 8.13. The normalized spacial score (nSPS) is 14.4. The van der Waals surface area contributed by atoms with Crippen molar-refractivity contribution in [3.63, 3.8) is 0 Å². The molecule has 102 valence electrons. The third-order valence-corrected chi connectivity index (χ3v) is 3.33. The molecule has 0 radical (unpaired) electrons. The molecular formula is C14H30N2O. The highest BCUT2D eigenvalue weighted by Crippen LogP contribution is 2.14. The monoisotopic (exact) mass is 242 g/mol. The molecule has 0 aliphatic heterocycles. The Morgan fingerprint density at radius 2 is 1.94 bits per heavy atom.